The summed E-state index contributed by atoms with van der Waals surface area (Å²) in [5.74, 6) is 0.764. The molecule has 2 N–H and O–H groups in total. The maximum atomic E-state index is 6.22. The molecule has 0 radical (unpaired) electrons. The third-order valence-corrected chi connectivity index (χ3v) is 5.76. The van der Waals surface area contributed by atoms with Crippen molar-refractivity contribution in [3.8, 4) is 0 Å². The summed E-state index contributed by atoms with van der Waals surface area (Å²) in [5, 5.41) is 0. The summed E-state index contributed by atoms with van der Waals surface area (Å²) >= 11 is 0. The highest BCUT2D eigenvalue weighted by Gasteiger charge is 2.38. The molecule has 0 aliphatic carbocycles. The Kier molecular flexibility index (Phi) is 6.06. The molecule has 0 spiro atoms. The zero-order valence-corrected chi connectivity index (χ0v) is 14.6. The molecule has 2 aliphatic rings. The lowest BCUT2D eigenvalue weighted by Crippen LogP contribution is -2.60. The summed E-state index contributed by atoms with van der Waals surface area (Å²) in [6, 6.07) is 0.729. The Balaban J connectivity index is 1.89. The molecule has 2 heterocycles. The lowest BCUT2D eigenvalue weighted by atomic mass is 9.85. The summed E-state index contributed by atoms with van der Waals surface area (Å²) in [5.41, 5.74) is 6.45. The van der Waals surface area contributed by atoms with Gasteiger partial charge in [-0.05, 0) is 65.3 Å². The predicted octanol–water partition coefficient (Wildman–Crippen LogP) is 1.46. The molecule has 2 rings (SSSR count). The van der Waals surface area contributed by atoms with E-state index >= 15 is 0 Å². The zero-order chi connectivity index (χ0) is 15.5. The summed E-state index contributed by atoms with van der Waals surface area (Å²) in [6.45, 7) is 11.5. The third-order valence-electron chi connectivity index (χ3n) is 5.76. The molecule has 0 saturated carbocycles. The normalized spacial score (nSPS) is 27.9. The molecule has 21 heavy (non-hydrogen) atoms. The molecule has 0 aromatic rings. The van der Waals surface area contributed by atoms with Crippen molar-refractivity contribution in [1.29, 1.82) is 0 Å². The van der Waals surface area contributed by atoms with Gasteiger partial charge in [-0.15, -0.1) is 0 Å². The second-order valence-electron chi connectivity index (χ2n) is 7.78. The molecule has 0 amide bonds. The highest BCUT2D eigenvalue weighted by molar-refractivity contribution is 4.97. The summed E-state index contributed by atoms with van der Waals surface area (Å²) in [4.78, 5) is 7.73. The van der Waals surface area contributed by atoms with E-state index in [-0.39, 0.29) is 5.54 Å². The van der Waals surface area contributed by atoms with Gasteiger partial charge in [0.25, 0.3) is 0 Å². The lowest BCUT2D eigenvalue weighted by Gasteiger charge is -2.48. The van der Waals surface area contributed by atoms with Crippen molar-refractivity contribution in [2.45, 2.75) is 51.1 Å². The van der Waals surface area contributed by atoms with E-state index in [1.165, 1.54) is 58.4 Å². The SMILES string of the molecule is CC(C)CN1CCC(CN)(N(C)CC2CCCN2C)CC1. The third kappa shape index (κ3) is 4.19. The van der Waals surface area contributed by atoms with Crippen LogP contribution in [0.5, 0.6) is 0 Å². The van der Waals surface area contributed by atoms with E-state index in [0.29, 0.717) is 0 Å². The highest BCUT2D eigenvalue weighted by atomic mass is 15.3. The number of rotatable bonds is 6. The number of nitrogens with zero attached hydrogens (tertiary/aromatic N) is 3. The van der Waals surface area contributed by atoms with Gasteiger partial charge in [0.1, 0.15) is 0 Å². The van der Waals surface area contributed by atoms with E-state index in [9.17, 15) is 0 Å². The minimum atomic E-state index is 0.233. The van der Waals surface area contributed by atoms with Crippen LogP contribution in [0.3, 0.4) is 0 Å². The van der Waals surface area contributed by atoms with Gasteiger partial charge in [-0.2, -0.15) is 0 Å². The number of piperidine rings is 1. The van der Waals surface area contributed by atoms with Crippen LogP contribution in [0.4, 0.5) is 0 Å². The minimum Gasteiger partial charge on any atom is -0.329 e. The van der Waals surface area contributed by atoms with Gasteiger partial charge in [0, 0.05) is 31.2 Å². The van der Waals surface area contributed by atoms with Crippen molar-refractivity contribution in [2.24, 2.45) is 11.7 Å². The van der Waals surface area contributed by atoms with Crippen LogP contribution in [0, 0.1) is 5.92 Å². The summed E-state index contributed by atoms with van der Waals surface area (Å²) < 4.78 is 0. The average Bonchev–Trinajstić information content (AvgIpc) is 2.85. The van der Waals surface area contributed by atoms with Gasteiger partial charge in [0.15, 0.2) is 0 Å². The van der Waals surface area contributed by atoms with Gasteiger partial charge in [0.05, 0.1) is 0 Å². The van der Waals surface area contributed by atoms with E-state index in [1.807, 2.05) is 0 Å². The van der Waals surface area contributed by atoms with Gasteiger partial charge in [-0.25, -0.2) is 0 Å². The number of hydrogen-bond acceptors (Lipinski definition) is 4. The van der Waals surface area contributed by atoms with Crippen LogP contribution in [0.25, 0.3) is 0 Å². The van der Waals surface area contributed by atoms with Crippen molar-refractivity contribution in [3.63, 3.8) is 0 Å². The Morgan fingerprint density at radius 1 is 1.24 bits per heavy atom. The molecule has 0 bridgehead atoms. The van der Waals surface area contributed by atoms with Gasteiger partial charge < -0.3 is 15.5 Å². The molecular formula is C17H36N4. The Labute approximate surface area is 131 Å². The van der Waals surface area contributed by atoms with Crippen LogP contribution in [-0.2, 0) is 0 Å². The van der Waals surface area contributed by atoms with Crippen molar-refractivity contribution in [2.75, 3.05) is 53.4 Å². The molecule has 4 nitrogen and oxygen atoms in total. The van der Waals surface area contributed by atoms with Crippen LogP contribution < -0.4 is 5.73 Å². The zero-order valence-electron chi connectivity index (χ0n) is 14.6. The van der Waals surface area contributed by atoms with Gasteiger partial charge in [-0.1, -0.05) is 13.8 Å². The minimum absolute atomic E-state index is 0.233. The molecule has 0 aromatic heterocycles. The molecule has 4 heteroatoms. The van der Waals surface area contributed by atoms with Crippen LogP contribution in [0.1, 0.15) is 39.5 Å². The molecule has 2 saturated heterocycles. The van der Waals surface area contributed by atoms with Gasteiger partial charge in [0.2, 0.25) is 0 Å². The average molecular weight is 297 g/mol. The fourth-order valence-corrected chi connectivity index (χ4v) is 4.13. The molecule has 2 fully saturated rings. The fourth-order valence-electron chi connectivity index (χ4n) is 4.13. The van der Waals surface area contributed by atoms with Crippen molar-refractivity contribution < 1.29 is 0 Å². The first kappa shape index (κ1) is 17.2. The van der Waals surface area contributed by atoms with Crippen molar-refractivity contribution >= 4 is 0 Å². The monoisotopic (exact) mass is 296 g/mol. The number of likely N-dealkylation sites (tertiary alicyclic amines) is 2. The first-order valence-corrected chi connectivity index (χ1v) is 8.81. The Morgan fingerprint density at radius 3 is 2.38 bits per heavy atom. The van der Waals surface area contributed by atoms with Crippen molar-refractivity contribution in [1.82, 2.24) is 14.7 Å². The fraction of sp³-hybridized carbons (Fsp3) is 1.00. The molecule has 0 aromatic carbocycles. The van der Waals surface area contributed by atoms with Crippen LogP contribution in [0.15, 0.2) is 0 Å². The number of hydrogen-bond donors (Lipinski definition) is 1. The first-order valence-electron chi connectivity index (χ1n) is 8.81. The van der Waals surface area contributed by atoms with E-state index in [0.717, 1.165) is 18.5 Å². The topological polar surface area (TPSA) is 35.7 Å². The van der Waals surface area contributed by atoms with Crippen LogP contribution in [-0.4, -0.2) is 79.6 Å². The maximum Gasteiger partial charge on any atom is 0.0353 e. The van der Waals surface area contributed by atoms with E-state index in [2.05, 4.69) is 42.6 Å². The van der Waals surface area contributed by atoms with E-state index in [4.69, 9.17) is 5.73 Å². The summed E-state index contributed by atoms with van der Waals surface area (Å²) in [7, 11) is 4.57. The Morgan fingerprint density at radius 2 is 1.90 bits per heavy atom. The quantitative estimate of drug-likeness (QED) is 0.805. The second-order valence-corrected chi connectivity index (χ2v) is 7.78. The largest absolute Gasteiger partial charge is 0.329 e. The molecule has 1 unspecified atom stereocenters. The van der Waals surface area contributed by atoms with Gasteiger partial charge in [-0.3, -0.25) is 4.90 Å². The standard InChI is InChI=1S/C17H36N4/c1-15(2)12-21-10-7-17(14-18,8-11-21)20(4)13-16-6-5-9-19(16)3/h15-16H,5-14,18H2,1-4H3. The maximum absolute atomic E-state index is 6.22. The van der Waals surface area contributed by atoms with Crippen LogP contribution >= 0.6 is 0 Å². The number of nitrogens with two attached hydrogens (primary N) is 1. The van der Waals surface area contributed by atoms with Crippen molar-refractivity contribution in [3.05, 3.63) is 0 Å². The van der Waals surface area contributed by atoms with Gasteiger partial charge >= 0.3 is 0 Å². The molecule has 2 aliphatic heterocycles. The van der Waals surface area contributed by atoms with E-state index in [1.54, 1.807) is 0 Å². The highest BCUT2D eigenvalue weighted by Crippen LogP contribution is 2.29. The van der Waals surface area contributed by atoms with E-state index < -0.39 is 0 Å². The molecular weight excluding hydrogens is 260 g/mol. The Hall–Kier alpha value is -0.160. The lowest BCUT2D eigenvalue weighted by molar-refractivity contribution is 0.0289. The molecule has 1 atom stereocenters. The smallest absolute Gasteiger partial charge is 0.0353 e. The first-order chi connectivity index (χ1) is 9.97. The van der Waals surface area contributed by atoms with Crippen LogP contribution in [0.2, 0.25) is 0 Å². The number of likely N-dealkylation sites (N-methyl/N-ethyl adjacent to an activating group) is 2. The molecule has 124 valence electrons. The second kappa shape index (κ2) is 7.40. The Bertz CT molecular complexity index is 310. The predicted molar refractivity (Wildman–Crippen MR) is 90.6 cm³/mol. The summed E-state index contributed by atoms with van der Waals surface area (Å²) in [6.07, 6.45) is 5.15.